The molecule has 0 saturated carbocycles. The molecule has 1 saturated heterocycles. The van der Waals surface area contributed by atoms with Gasteiger partial charge in [-0.15, -0.1) is 0 Å². The quantitative estimate of drug-likeness (QED) is 0.854. The van der Waals surface area contributed by atoms with E-state index in [1.165, 1.54) is 0 Å². The van der Waals surface area contributed by atoms with Crippen molar-refractivity contribution in [1.82, 2.24) is 15.5 Å². The highest BCUT2D eigenvalue weighted by Gasteiger charge is 2.32. The summed E-state index contributed by atoms with van der Waals surface area (Å²) < 4.78 is 5.44. The Labute approximate surface area is 120 Å². The number of hydrogen-bond donors (Lipinski definition) is 2. The summed E-state index contributed by atoms with van der Waals surface area (Å²) in [7, 11) is 3.36. The Balaban J connectivity index is 2.25. The lowest BCUT2D eigenvalue weighted by Gasteiger charge is -2.39. The lowest BCUT2D eigenvalue weighted by molar-refractivity contribution is -0.127. The molecule has 1 aromatic carbocycles. The molecule has 2 N–H and O–H groups in total. The lowest BCUT2D eigenvalue weighted by Crippen LogP contribution is -2.57. The van der Waals surface area contributed by atoms with Gasteiger partial charge in [-0.1, -0.05) is 18.2 Å². The Hall–Kier alpha value is -1.59. The number of carbonyl (C=O) groups is 1. The minimum absolute atomic E-state index is 0.0546. The molecule has 0 bridgehead atoms. The van der Waals surface area contributed by atoms with E-state index in [1.54, 1.807) is 14.2 Å². The Kier molecular flexibility index (Phi) is 4.98. The van der Waals surface area contributed by atoms with Gasteiger partial charge in [0.05, 0.1) is 7.11 Å². The summed E-state index contributed by atoms with van der Waals surface area (Å²) in [4.78, 5) is 14.3. The number of nitrogens with one attached hydrogen (secondary N) is 2. The number of carbonyl (C=O) groups excluding carboxylic acids is 1. The Morgan fingerprint density at radius 1 is 1.50 bits per heavy atom. The van der Waals surface area contributed by atoms with Gasteiger partial charge in [0, 0.05) is 38.3 Å². The van der Waals surface area contributed by atoms with Crippen LogP contribution in [0.5, 0.6) is 5.75 Å². The van der Waals surface area contributed by atoms with Crippen LogP contribution in [-0.2, 0) is 4.79 Å². The fourth-order valence-corrected chi connectivity index (χ4v) is 2.78. The van der Waals surface area contributed by atoms with Crippen LogP contribution in [0, 0.1) is 0 Å². The van der Waals surface area contributed by atoms with Crippen molar-refractivity contribution in [2.75, 3.05) is 33.8 Å². The van der Waals surface area contributed by atoms with Crippen molar-refractivity contribution in [2.24, 2.45) is 0 Å². The zero-order chi connectivity index (χ0) is 14.5. The fraction of sp³-hybridized carbons (Fsp3) is 0.533. The maximum atomic E-state index is 12.0. The van der Waals surface area contributed by atoms with Crippen LogP contribution in [0.2, 0.25) is 0 Å². The van der Waals surface area contributed by atoms with Gasteiger partial charge in [-0.3, -0.25) is 9.69 Å². The molecule has 1 fully saturated rings. The maximum Gasteiger partial charge on any atom is 0.238 e. The van der Waals surface area contributed by atoms with Gasteiger partial charge in [0.1, 0.15) is 11.8 Å². The molecule has 1 aliphatic rings. The molecule has 1 amide bonds. The number of piperazine rings is 1. The van der Waals surface area contributed by atoms with Crippen LogP contribution in [0.25, 0.3) is 0 Å². The SMILES string of the molecule is CNC(=O)C1CNCCN1C(C)c1ccccc1OC. The number of para-hydroxylation sites is 1. The minimum atomic E-state index is -0.145. The number of nitrogens with zero attached hydrogens (tertiary/aromatic N) is 1. The molecular formula is C15H23N3O2. The number of rotatable bonds is 4. The topological polar surface area (TPSA) is 53.6 Å². The average Bonchev–Trinajstić information content (AvgIpc) is 2.53. The number of benzene rings is 1. The molecule has 1 aliphatic heterocycles. The van der Waals surface area contributed by atoms with E-state index >= 15 is 0 Å². The zero-order valence-corrected chi connectivity index (χ0v) is 12.3. The van der Waals surface area contributed by atoms with Crippen molar-refractivity contribution in [3.8, 4) is 5.75 Å². The molecule has 2 atom stereocenters. The van der Waals surface area contributed by atoms with E-state index in [-0.39, 0.29) is 18.0 Å². The Morgan fingerprint density at radius 3 is 2.95 bits per heavy atom. The van der Waals surface area contributed by atoms with Crippen LogP contribution in [0.15, 0.2) is 24.3 Å². The van der Waals surface area contributed by atoms with E-state index < -0.39 is 0 Å². The maximum absolute atomic E-state index is 12.0. The molecule has 0 radical (unpaired) electrons. The van der Waals surface area contributed by atoms with Crippen LogP contribution in [0.4, 0.5) is 0 Å². The number of hydrogen-bond acceptors (Lipinski definition) is 4. The summed E-state index contributed by atoms with van der Waals surface area (Å²) >= 11 is 0. The van der Waals surface area contributed by atoms with Gasteiger partial charge < -0.3 is 15.4 Å². The fourth-order valence-electron chi connectivity index (χ4n) is 2.78. The number of likely N-dealkylation sites (N-methyl/N-ethyl adjacent to an activating group) is 1. The molecule has 0 aromatic heterocycles. The molecule has 20 heavy (non-hydrogen) atoms. The van der Waals surface area contributed by atoms with Gasteiger partial charge in [-0.2, -0.15) is 0 Å². The molecule has 0 spiro atoms. The normalized spacial score (nSPS) is 21.2. The van der Waals surface area contributed by atoms with Crippen LogP contribution < -0.4 is 15.4 Å². The van der Waals surface area contributed by atoms with Crippen molar-refractivity contribution in [1.29, 1.82) is 0 Å². The van der Waals surface area contributed by atoms with E-state index in [0.717, 1.165) is 24.4 Å². The first-order valence-electron chi connectivity index (χ1n) is 7.00. The summed E-state index contributed by atoms with van der Waals surface area (Å²) in [5.41, 5.74) is 1.12. The molecule has 2 rings (SSSR count). The second-order valence-corrected chi connectivity index (χ2v) is 4.99. The van der Waals surface area contributed by atoms with E-state index in [4.69, 9.17) is 4.74 Å². The summed E-state index contributed by atoms with van der Waals surface area (Å²) in [5.74, 6) is 0.924. The molecule has 2 unspecified atom stereocenters. The predicted octanol–water partition coefficient (Wildman–Crippen LogP) is 0.776. The summed E-state index contributed by atoms with van der Waals surface area (Å²) in [6.45, 7) is 4.54. The standard InChI is InChI=1S/C15H23N3O2/c1-11(12-6-4-5-7-14(12)20-3)18-9-8-17-10-13(18)15(19)16-2/h4-7,11,13,17H,8-10H2,1-3H3,(H,16,19). The number of amides is 1. The first-order valence-corrected chi connectivity index (χ1v) is 7.00. The van der Waals surface area contributed by atoms with E-state index in [1.807, 2.05) is 18.2 Å². The Bertz CT molecular complexity index is 464. The first-order chi connectivity index (χ1) is 9.69. The zero-order valence-electron chi connectivity index (χ0n) is 12.3. The molecular weight excluding hydrogens is 254 g/mol. The highest BCUT2D eigenvalue weighted by atomic mass is 16.5. The molecule has 5 heteroatoms. The monoisotopic (exact) mass is 277 g/mol. The van der Waals surface area contributed by atoms with E-state index in [9.17, 15) is 4.79 Å². The molecule has 1 aromatic rings. The summed E-state index contributed by atoms with van der Waals surface area (Å²) in [5, 5.41) is 6.03. The van der Waals surface area contributed by atoms with Crippen LogP contribution in [0.1, 0.15) is 18.5 Å². The Morgan fingerprint density at radius 2 is 2.25 bits per heavy atom. The van der Waals surface area contributed by atoms with Crippen molar-refractivity contribution >= 4 is 5.91 Å². The molecule has 0 aliphatic carbocycles. The summed E-state index contributed by atoms with van der Waals surface area (Å²) in [6, 6.07) is 7.98. The third-order valence-corrected chi connectivity index (χ3v) is 3.92. The van der Waals surface area contributed by atoms with E-state index in [2.05, 4.69) is 28.5 Å². The van der Waals surface area contributed by atoms with Gasteiger partial charge in [0.2, 0.25) is 5.91 Å². The van der Waals surface area contributed by atoms with E-state index in [0.29, 0.717) is 6.54 Å². The van der Waals surface area contributed by atoms with Crippen molar-refractivity contribution in [3.63, 3.8) is 0 Å². The largest absolute Gasteiger partial charge is 0.496 e. The number of ether oxygens (including phenoxy) is 1. The third-order valence-electron chi connectivity index (χ3n) is 3.92. The third kappa shape index (κ3) is 2.94. The molecule has 110 valence electrons. The second kappa shape index (κ2) is 6.72. The van der Waals surface area contributed by atoms with Crippen LogP contribution in [0.3, 0.4) is 0 Å². The van der Waals surface area contributed by atoms with Crippen LogP contribution in [-0.4, -0.2) is 50.6 Å². The van der Waals surface area contributed by atoms with Crippen LogP contribution >= 0.6 is 0 Å². The molecule has 5 nitrogen and oxygen atoms in total. The second-order valence-electron chi connectivity index (χ2n) is 4.99. The van der Waals surface area contributed by atoms with Gasteiger partial charge in [0.25, 0.3) is 0 Å². The predicted molar refractivity (Wildman–Crippen MR) is 78.8 cm³/mol. The smallest absolute Gasteiger partial charge is 0.238 e. The number of methoxy groups -OCH3 is 1. The first kappa shape index (κ1) is 14.8. The molecule has 1 heterocycles. The highest BCUT2D eigenvalue weighted by molar-refractivity contribution is 5.82. The van der Waals surface area contributed by atoms with Crippen molar-refractivity contribution in [2.45, 2.75) is 19.0 Å². The van der Waals surface area contributed by atoms with Gasteiger partial charge in [-0.05, 0) is 13.0 Å². The lowest BCUT2D eigenvalue weighted by atomic mass is 10.0. The van der Waals surface area contributed by atoms with Gasteiger partial charge in [-0.25, -0.2) is 0 Å². The van der Waals surface area contributed by atoms with Crippen molar-refractivity contribution in [3.05, 3.63) is 29.8 Å². The van der Waals surface area contributed by atoms with Crippen molar-refractivity contribution < 1.29 is 9.53 Å². The minimum Gasteiger partial charge on any atom is -0.496 e. The highest BCUT2D eigenvalue weighted by Crippen LogP contribution is 2.30. The summed E-state index contributed by atoms with van der Waals surface area (Å²) in [6.07, 6.45) is 0. The van der Waals surface area contributed by atoms with Gasteiger partial charge in [0.15, 0.2) is 0 Å². The van der Waals surface area contributed by atoms with Gasteiger partial charge >= 0.3 is 0 Å². The average molecular weight is 277 g/mol.